The van der Waals surface area contributed by atoms with Crippen LogP contribution in [-0.4, -0.2) is 46.8 Å². The van der Waals surface area contributed by atoms with Gasteiger partial charge < -0.3 is 14.6 Å². The Kier molecular flexibility index (Phi) is 6.28. The highest BCUT2D eigenvalue weighted by Gasteiger charge is 2.26. The number of aryl methyl sites for hydroxylation is 1. The summed E-state index contributed by atoms with van der Waals surface area (Å²) in [6.45, 7) is 3.42. The predicted molar refractivity (Wildman–Crippen MR) is 121 cm³/mol. The Morgan fingerprint density at radius 3 is 2.68 bits per heavy atom. The summed E-state index contributed by atoms with van der Waals surface area (Å²) in [7, 11) is 1.51. The molecule has 1 N–H and O–H groups in total. The van der Waals surface area contributed by atoms with Gasteiger partial charge >= 0.3 is 0 Å². The molecular formula is C24H26ClN3O3. The zero-order chi connectivity index (χ0) is 22.0. The highest BCUT2D eigenvalue weighted by Crippen LogP contribution is 2.29. The first kappa shape index (κ1) is 21.4. The third-order valence-electron chi connectivity index (χ3n) is 5.92. The summed E-state index contributed by atoms with van der Waals surface area (Å²) in [6.07, 6.45) is 2.04. The number of rotatable bonds is 6. The van der Waals surface area contributed by atoms with Crippen LogP contribution in [-0.2, 0) is 4.79 Å². The van der Waals surface area contributed by atoms with Crippen LogP contribution in [0.1, 0.15) is 53.3 Å². The van der Waals surface area contributed by atoms with Crippen molar-refractivity contribution in [1.82, 2.24) is 14.9 Å². The number of Topliss-reactive ketones (excluding diaryl/α,β-unsaturated/α-hetero) is 1. The summed E-state index contributed by atoms with van der Waals surface area (Å²) >= 11 is 6.01. The SMILES string of the molecule is COc1ccc(Cl)cc1C(=O)CCC(=O)N1CCC(c2nc3ccc(C)cc3[nH]2)CC1. The molecule has 2 heterocycles. The first-order valence-electron chi connectivity index (χ1n) is 10.6. The number of aromatic nitrogens is 2. The van der Waals surface area contributed by atoms with E-state index in [1.54, 1.807) is 18.2 Å². The molecular weight excluding hydrogens is 414 g/mol. The molecule has 31 heavy (non-hydrogen) atoms. The van der Waals surface area contributed by atoms with Crippen LogP contribution in [0.15, 0.2) is 36.4 Å². The van der Waals surface area contributed by atoms with E-state index in [0.717, 1.165) is 29.7 Å². The number of amides is 1. The largest absolute Gasteiger partial charge is 0.496 e. The number of imidazole rings is 1. The lowest BCUT2D eigenvalue weighted by Gasteiger charge is -2.31. The monoisotopic (exact) mass is 439 g/mol. The summed E-state index contributed by atoms with van der Waals surface area (Å²) in [4.78, 5) is 35.3. The molecule has 7 heteroatoms. The van der Waals surface area contributed by atoms with Gasteiger partial charge in [0, 0.05) is 36.9 Å². The van der Waals surface area contributed by atoms with Gasteiger partial charge in [0.25, 0.3) is 0 Å². The topological polar surface area (TPSA) is 75.3 Å². The number of aromatic amines is 1. The normalized spacial score (nSPS) is 14.7. The number of carbonyl (C=O) groups is 2. The van der Waals surface area contributed by atoms with Crippen LogP contribution in [0.2, 0.25) is 5.02 Å². The molecule has 1 fully saturated rings. The van der Waals surface area contributed by atoms with Crippen LogP contribution >= 0.6 is 11.6 Å². The molecule has 1 saturated heterocycles. The summed E-state index contributed by atoms with van der Waals surface area (Å²) < 4.78 is 5.24. The number of piperidine rings is 1. The van der Waals surface area contributed by atoms with Crippen molar-refractivity contribution in [2.75, 3.05) is 20.2 Å². The minimum Gasteiger partial charge on any atom is -0.496 e. The fourth-order valence-electron chi connectivity index (χ4n) is 4.15. The molecule has 3 aromatic rings. The molecule has 1 aromatic heterocycles. The van der Waals surface area contributed by atoms with Gasteiger partial charge in [0.15, 0.2) is 5.78 Å². The van der Waals surface area contributed by atoms with Crippen molar-refractivity contribution in [1.29, 1.82) is 0 Å². The van der Waals surface area contributed by atoms with Crippen molar-refractivity contribution in [3.8, 4) is 5.75 Å². The number of H-pyrrole nitrogens is 1. The van der Waals surface area contributed by atoms with Crippen LogP contribution in [0, 0.1) is 6.92 Å². The Hall–Kier alpha value is -2.86. The lowest BCUT2D eigenvalue weighted by atomic mass is 9.95. The van der Waals surface area contributed by atoms with E-state index in [2.05, 4.69) is 24.0 Å². The Balaban J connectivity index is 1.32. The van der Waals surface area contributed by atoms with Crippen LogP contribution in [0.25, 0.3) is 11.0 Å². The molecule has 2 aromatic carbocycles. The quantitative estimate of drug-likeness (QED) is 0.554. The van der Waals surface area contributed by atoms with Crippen LogP contribution in [0.3, 0.4) is 0 Å². The molecule has 0 atom stereocenters. The van der Waals surface area contributed by atoms with E-state index in [1.807, 2.05) is 11.0 Å². The minimum absolute atomic E-state index is 0.00743. The summed E-state index contributed by atoms with van der Waals surface area (Å²) in [5.41, 5.74) is 3.66. The van der Waals surface area contributed by atoms with E-state index in [1.165, 1.54) is 12.7 Å². The maximum atomic E-state index is 12.7. The third-order valence-corrected chi connectivity index (χ3v) is 6.15. The van der Waals surface area contributed by atoms with Crippen molar-refractivity contribution in [3.63, 3.8) is 0 Å². The van der Waals surface area contributed by atoms with Crippen LogP contribution in [0.5, 0.6) is 5.75 Å². The second-order valence-electron chi connectivity index (χ2n) is 8.07. The Labute approximate surface area is 186 Å². The van der Waals surface area contributed by atoms with Crippen LogP contribution < -0.4 is 4.74 Å². The van der Waals surface area contributed by atoms with Crippen molar-refractivity contribution in [2.45, 2.75) is 38.5 Å². The van der Waals surface area contributed by atoms with E-state index >= 15 is 0 Å². The molecule has 0 radical (unpaired) electrons. The van der Waals surface area contributed by atoms with Gasteiger partial charge in [0.2, 0.25) is 5.91 Å². The lowest BCUT2D eigenvalue weighted by Crippen LogP contribution is -2.38. The smallest absolute Gasteiger partial charge is 0.223 e. The Bertz CT molecular complexity index is 1120. The standard InChI is InChI=1S/C24H26ClN3O3/c1-15-3-5-19-20(13-15)27-24(26-19)16-9-11-28(12-10-16)23(30)8-6-21(29)18-14-17(25)4-7-22(18)31-2/h3-5,7,13-14,16H,6,8-12H2,1-2H3,(H,26,27). The average molecular weight is 440 g/mol. The molecule has 4 rings (SSSR count). The van der Waals surface area contributed by atoms with Gasteiger partial charge in [-0.1, -0.05) is 17.7 Å². The fourth-order valence-corrected chi connectivity index (χ4v) is 4.32. The molecule has 0 spiro atoms. The molecule has 162 valence electrons. The number of methoxy groups -OCH3 is 1. The summed E-state index contributed by atoms with van der Waals surface area (Å²) in [5.74, 6) is 1.65. The maximum absolute atomic E-state index is 12.7. The maximum Gasteiger partial charge on any atom is 0.223 e. The molecule has 1 amide bonds. The molecule has 1 aliphatic rings. The van der Waals surface area contributed by atoms with Gasteiger partial charge in [-0.05, 0) is 55.7 Å². The number of hydrogen-bond donors (Lipinski definition) is 1. The molecule has 0 aliphatic carbocycles. The molecule has 0 unspecified atom stereocenters. The number of ketones is 1. The summed E-state index contributed by atoms with van der Waals surface area (Å²) in [5, 5.41) is 0.471. The van der Waals surface area contributed by atoms with Crippen molar-refractivity contribution in [2.24, 2.45) is 0 Å². The highest BCUT2D eigenvalue weighted by molar-refractivity contribution is 6.31. The predicted octanol–water partition coefficient (Wildman–Crippen LogP) is 4.90. The van der Waals surface area contributed by atoms with Crippen molar-refractivity contribution in [3.05, 3.63) is 58.4 Å². The van der Waals surface area contributed by atoms with Crippen LogP contribution in [0.4, 0.5) is 0 Å². The highest BCUT2D eigenvalue weighted by atomic mass is 35.5. The number of likely N-dealkylation sites (tertiary alicyclic amines) is 1. The number of ether oxygens (including phenoxy) is 1. The van der Waals surface area contributed by atoms with Gasteiger partial charge in [-0.2, -0.15) is 0 Å². The van der Waals surface area contributed by atoms with Gasteiger partial charge in [-0.15, -0.1) is 0 Å². The number of carbonyl (C=O) groups excluding carboxylic acids is 2. The summed E-state index contributed by atoms with van der Waals surface area (Å²) in [6, 6.07) is 11.1. The van der Waals surface area contributed by atoms with Gasteiger partial charge in [-0.25, -0.2) is 4.98 Å². The number of fused-ring (bicyclic) bond motifs is 1. The average Bonchev–Trinajstić information content (AvgIpc) is 3.20. The van der Waals surface area contributed by atoms with Gasteiger partial charge in [0.05, 0.1) is 23.7 Å². The molecule has 1 aliphatic heterocycles. The number of hydrogen-bond acceptors (Lipinski definition) is 4. The van der Waals surface area contributed by atoms with E-state index in [-0.39, 0.29) is 24.5 Å². The molecule has 0 bridgehead atoms. The van der Waals surface area contributed by atoms with Crippen molar-refractivity contribution < 1.29 is 14.3 Å². The first-order valence-corrected chi connectivity index (χ1v) is 10.9. The Morgan fingerprint density at radius 1 is 1.16 bits per heavy atom. The second-order valence-corrected chi connectivity index (χ2v) is 8.50. The van der Waals surface area contributed by atoms with E-state index < -0.39 is 0 Å². The van der Waals surface area contributed by atoms with E-state index in [9.17, 15) is 9.59 Å². The number of nitrogens with one attached hydrogen (secondary N) is 1. The number of nitrogens with zero attached hydrogens (tertiary/aromatic N) is 2. The van der Waals surface area contributed by atoms with Gasteiger partial charge in [-0.3, -0.25) is 9.59 Å². The zero-order valence-corrected chi connectivity index (χ0v) is 18.5. The fraction of sp³-hybridized carbons (Fsp3) is 0.375. The number of benzene rings is 2. The lowest BCUT2D eigenvalue weighted by molar-refractivity contribution is -0.132. The van der Waals surface area contributed by atoms with E-state index in [0.29, 0.717) is 35.3 Å². The molecule has 6 nitrogen and oxygen atoms in total. The second kappa shape index (κ2) is 9.10. The third kappa shape index (κ3) is 4.74. The molecule has 0 saturated carbocycles. The number of halogens is 1. The first-order chi connectivity index (χ1) is 14.9. The minimum atomic E-state index is -0.139. The van der Waals surface area contributed by atoms with E-state index in [4.69, 9.17) is 21.3 Å². The van der Waals surface area contributed by atoms with Crippen molar-refractivity contribution >= 4 is 34.3 Å². The zero-order valence-electron chi connectivity index (χ0n) is 17.8. The van der Waals surface area contributed by atoms with Gasteiger partial charge in [0.1, 0.15) is 11.6 Å². The Morgan fingerprint density at radius 2 is 1.94 bits per heavy atom.